The van der Waals surface area contributed by atoms with E-state index in [-0.39, 0.29) is 6.54 Å². The summed E-state index contributed by atoms with van der Waals surface area (Å²) < 4.78 is 67.6. The molecule has 0 unspecified atom stereocenters. The van der Waals surface area contributed by atoms with E-state index in [0.717, 1.165) is 12.1 Å². The van der Waals surface area contributed by atoms with Crippen LogP contribution in [0.25, 0.3) is 0 Å². The Kier molecular flexibility index (Phi) is 5.51. The molecule has 130 valence electrons. The smallest absolute Gasteiger partial charge is 0.444 e. The van der Waals surface area contributed by atoms with Crippen molar-refractivity contribution in [2.24, 2.45) is 0 Å². The van der Waals surface area contributed by atoms with Gasteiger partial charge in [0.2, 0.25) is 0 Å². The fourth-order valence-electron chi connectivity index (χ4n) is 1.37. The molecule has 1 aromatic carbocycles. The Bertz CT molecular complexity index is 665. The number of rotatable bonds is 4. The second-order valence-electron chi connectivity index (χ2n) is 5.49. The summed E-state index contributed by atoms with van der Waals surface area (Å²) in [4.78, 5) is 11.5. The van der Waals surface area contributed by atoms with Crippen LogP contribution >= 0.6 is 0 Å². The molecule has 0 aliphatic carbocycles. The first-order valence-corrected chi connectivity index (χ1v) is 7.77. The number of nitrogens with one attached hydrogen (secondary N) is 1. The molecular formula is C13H16F3NO5S. The Morgan fingerprint density at radius 1 is 1.22 bits per heavy atom. The van der Waals surface area contributed by atoms with Gasteiger partial charge in [0.15, 0.2) is 0 Å². The van der Waals surface area contributed by atoms with E-state index in [1.165, 1.54) is 12.1 Å². The summed E-state index contributed by atoms with van der Waals surface area (Å²) in [6.45, 7) is 4.94. The van der Waals surface area contributed by atoms with Gasteiger partial charge in [-0.3, -0.25) is 0 Å². The first-order valence-electron chi connectivity index (χ1n) is 6.37. The maximum atomic E-state index is 12.2. The van der Waals surface area contributed by atoms with Gasteiger partial charge < -0.3 is 14.2 Å². The van der Waals surface area contributed by atoms with Crippen LogP contribution in [0.1, 0.15) is 26.3 Å². The van der Waals surface area contributed by atoms with Gasteiger partial charge in [-0.15, -0.1) is 0 Å². The summed E-state index contributed by atoms with van der Waals surface area (Å²) in [5, 5.41) is 2.39. The average molecular weight is 355 g/mol. The number of alkyl halides is 3. The minimum atomic E-state index is -5.73. The molecule has 1 rings (SSSR count). The summed E-state index contributed by atoms with van der Waals surface area (Å²) in [5.74, 6) is -0.509. The zero-order chi connectivity index (χ0) is 17.9. The quantitative estimate of drug-likeness (QED) is 0.663. The molecular weight excluding hydrogens is 339 g/mol. The van der Waals surface area contributed by atoms with Gasteiger partial charge in [-0.05, 0) is 38.5 Å². The Morgan fingerprint density at radius 2 is 1.83 bits per heavy atom. The second kappa shape index (κ2) is 6.65. The largest absolute Gasteiger partial charge is 0.534 e. The van der Waals surface area contributed by atoms with Crippen molar-refractivity contribution >= 4 is 16.2 Å². The maximum absolute atomic E-state index is 12.2. The Hall–Kier alpha value is -1.97. The van der Waals surface area contributed by atoms with Crippen molar-refractivity contribution < 1.29 is 35.3 Å². The number of carbonyl (C=O) groups is 1. The molecule has 0 spiro atoms. The predicted octanol–water partition coefficient (Wildman–Crippen LogP) is 2.94. The molecule has 0 saturated carbocycles. The fourth-order valence-corrected chi connectivity index (χ4v) is 1.82. The van der Waals surface area contributed by atoms with Gasteiger partial charge in [-0.25, -0.2) is 4.79 Å². The molecule has 0 radical (unpaired) electrons. The lowest BCUT2D eigenvalue weighted by Crippen LogP contribution is -2.32. The SMILES string of the molecule is CC(C)(C)OC(=O)NCc1cccc(OS(=O)(=O)C(F)(F)F)c1. The van der Waals surface area contributed by atoms with E-state index in [0.29, 0.717) is 5.56 Å². The van der Waals surface area contributed by atoms with Gasteiger partial charge in [-0.1, -0.05) is 12.1 Å². The van der Waals surface area contributed by atoms with E-state index in [2.05, 4.69) is 9.50 Å². The van der Waals surface area contributed by atoms with E-state index in [9.17, 15) is 26.4 Å². The van der Waals surface area contributed by atoms with Crippen LogP contribution in [-0.4, -0.2) is 25.6 Å². The summed E-state index contributed by atoms with van der Waals surface area (Å²) in [6.07, 6.45) is -0.716. The second-order valence-corrected chi connectivity index (χ2v) is 7.02. The van der Waals surface area contributed by atoms with Crippen LogP contribution in [0.15, 0.2) is 24.3 Å². The highest BCUT2D eigenvalue weighted by atomic mass is 32.2. The minimum Gasteiger partial charge on any atom is -0.444 e. The minimum absolute atomic E-state index is 0.0713. The molecule has 1 aromatic rings. The molecule has 1 amide bonds. The number of halogens is 3. The Morgan fingerprint density at radius 3 is 2.35 bits per heavy atom. The molecule has 10 heteroatoms. The molecule has 0 aliphatic heterocycles. The summed E-state index contributed by atoms with van der Waals surface area (Å²) in [5.41, 5.74) is -5.88. The van der Waals surface area contributed by atoms with Crippen LogP contribution in [-0.2, 0) is 21.4 Å². The molecule has 0 saturated heterocycles. The van der Waals surface area contributed by atoms with Crippen LogP contribution in [0.4, 0.5) is 18.0 Å². The number of amides is 1. The van der Waals surface area contributed by atoms with Gasteiger partial charge in [0.05, 0.1) is 0 Å². The molecule has 0 fully saturated rings. The van der Waals surface area contributed by atoms with E-state index in [1.54, 1.807) is 20.8 Å². The molecule has 0 aromatic heterocycles. The van der Waals surface area contributed by atoms with E-state index in [1.807, 2.05) is 0 Å². The summed E-state index contributed by atoms with van der Waals surface area (Å²) in [7, 11) is -5.73. The van der Waals surface area contributed by atoms with E-state index >= 15 is 0 Å². The number of hydrogen-bond donors (Lipinski definition) is 1. The molecule has 6 nitrogen and oxygen atoms in total. The number of ether oxygens (including phenoxy) is 1. The lowest BCUT2D eigenvalue weighted by Gasteiger charge is -2.19. The van der Waals surface area contributed by atoms with Crippen LogP contribution in [0.5, 0.6) is 5.75 Å². The molecule has 23 heavy (non-hydrogen) atoms. The van der Waals surface area contributed by atoms with Crippen LogP contribution in [0, 0.1) is 0 Å². The van der Waals surface area contributed by atoms with Crippen molar-refractivity contribution in [2.45, 2.75) is 38.4 Å². The average Bonchev–Trinajstić information content (AvgIpc) is 2.33. The number of alkyl carbamates (subject to hydrolysis) is 1. The molecule has 0 atom stereocenters. The van der Waals surface area contributed by atoms with Gasteiger partial charge in [0, 0.05) is 6.54 Å². The van der Waals surface area contributed by atoms with E-state index in [4.69, 9.17) is 4.74 Å². The van der Waals surface area contributed by atoms with Gasteiger partial charge >= 0.3 is 21.7 Å². The highest BCUT2D eigenvalue weighted by Crippen LogP contribution is 2.27. The zero-order valence-electron chi connectivity index (χ0n) is 12.6. The molecule has 0 heterocycles. The number of hydrogen-bond acceptors (Lipinski definition) is 5. The normalized spacial score (nSPS) is 12.6. The number of carbonyl (C=O) groups excluding carboxylic acids is 1. The van der Waals surface area contributed by atoms with E-state index < -0.39 is 33.1 Å². The first kappa shape index (κ1) is 19.1. The third kappa shape index (κ3) is 6.35. The topological polar surface area (TPSA) is 81.7 Å². The van der Waals surface area contributed by atoms with Crippen molar-refractivity contribution in [1.29, 1.82) is 0 Å². The zero-order valence-corrected chi connectivity index (χ0v) is 13.4. The molecule has 1 N–H and O–H groups in total. The molecule has 0 bridgehead atoms. The summed E-state index contributed by atoms with van der Waals surface area (Å²) >= 11 is 0. The highest BCUT2D eigenvalue weighted by Gasteiger charge is 2.48. The van der Waals surface area contributed by atoms with Crippen molar-refractivity contribution in [3.8, 4) is 5.75 Å². The Balaban J connectivity index is 2.73. The fraction of sp³-hybridized carbons (Fsp3) is 0.462. The lowest BCUT2D eigenvalue weighted by molar-refractivity contribution is -0.0500. The van der Waals surface area contributed by atoms with Crippen LogP contribution in [0.2, 0.25) is 0 Å². The third-order valence-corrected chi connectivity index (χ3v) is 3.20. The maximum Gasteiger partial charge on any atom is 0.534 e. The van der Waals surface area contributed by atoms with Crippen molar-refractivity contribution in [2.75, 3.05) is 0 Å². The predicted molar refractivity (Wildman–Crippen MR) is 75.1 cm³/mol. The highest BCUT2D eigenvalue weighted by molar-refractivity contribution is 7.88. The number of benzene rings is 1. The van der Waals surface area contributed by atoms with Crippen molar-refractivity contribution in [3.63, 3.8) is 0 Å². The third-order valence-electron chi connectivity index (χ3n) is 2.22. The Labute approximate surface area is 131 Å². The monoisotopic (exact) mass is 355 g/mol. The lowest BCUT2D eigenvalue weighted by atomic mass is 10.2. The standard InChI is InChI=1S/C13H16F3NO5S/c1-12(2,3)21-11(18)17-8-9-5-4-6-10(7-9)22-23(19,20)13(14,15)16/h4-7H,8H2,1-3H3,(H,17,18). The summed E-state index contributed by atoms with van der Waals surface area (Å²) in [6, 6.07) is 4.90. The van der Waals surface area contributed by atoms with Gasteiger partial charge in [0.1, 0.15) is 11.4 Å². The van der Waals surface area contributed by atoms with Gasteiger partial charge in [0.25, 0.3) is 0 Å². The molecule has 0 aliphatic rings. The van der Waals surface area contributed by atoms with Crippen LogP contribution in [0.3, 0.4) is 0 Å². The van der Waals surface area contributed by atoms with Gasteiger partial charge in [-0.2, -0.15) is 21.6 Å². The van der Waals surface area contributed by atoms with Crippen molar-refractivity contribution in [1.82, 2.24) is 5.32 Å². The van der Waals surface area contributed by atoms with Crippen molar-refractivity contribution in [3.05, 3.63) is 29.8 Å². The first-order chi connectivity index (χ1) is 10.3. The van der Waals surface area contributed by atoms with Crippen LogP contribution < -0.4 is 9.50 Å².